The molecule has 0 fully saturated rings. The van der Waals surface area contributed by atoms with Crippen LogP contribution in [0.3, 0.4) is 0 Å². The minimum absolute atomic E-state index is 1.18. The van der Waals surface area contributed by atoms with E-state index in [2.05, 4.69) is 40.7 Å². The van der Waals surface area contributed by atoms with Crippen molar-refractivity contribution in [3.8, 4) is 0 Å². The number of allylic oxidation sites excluding steroid dienone is 2. The summed E-state index contributed by atoms with van der Waals surface area (Å²) in [6.07, 6.45) is 7.29. The molecule has 0 aromatic heterocycles. The molecule has 0 amide bonds. The van der Waals surface area contributed by atoms with Crippen molar-refractivity contribution in [2.45, 2.75) is 60.3 Å². The topological polar surface area (TPSA) is 0 Å². The van der Waals surface area contributed by atoms with Gasteiger partial charge in [0.2, 0.25) is 0 Å². The van der Waals surface area contributed by atoms with Gasteiger partial charge in [-0.2, -0.15) is 0 Å². The molecule has 0 atom stereocenters. The van der Waals surface area contributed by atoms with Crippen molar-refractivity contribution in [3.05, 3.63) is 11.6 Å². The second kappa shape index (κ2) is 12.4. The van der Waals surface area contributed by atoms with Crippen LogP contribution < -0.4 is 0 Å². The van der Waals surface area contributed by atoms with E-state index in [1.54, 1.807) is 0 Å². The van der Waals surface area contributed by atoms with E-state index in [1.807, 2.05) is 0 Å². The summed E-state index contributed by atoms with van der Waals surface area (Å²) < 4.78 is 0. The molecule has 0 nitrogen and oxygen atoms in total. The van der Waals surface area contributed by atoms with E-state index < -0.39 is 0 Å². The Balaban J connectivity index is 0. The van der Waals surface area contributed by atoms with Crippen molar-refractivity contribution in [3.63, 3.8) is 0 Å². The molecule has 0 aromatic carbocycles. The summed E-state index contributed by atoms with van der Waals surface area (Å²) in [5.41, 5.74) is 1.50. The minimum atomic E-state index is 1.18. The summed E-state index contributed by atoms with van der Waals surface area (Å²) in [6.45, 7) is 10.9. The Hall–Kier alpha value is -0.260. The van der Waals surface area contributed by atoms with E-state index >= 15 is 0 Å². The van der Waals surface area contributed by atoms with Crippen molar-refractivity contribution >= 4 is 0 Å². The first-order valence-electron chi connectivity index (χ1n) is 4.88. The van der Waals surface area contributed by atoms with Gasteiger partial charge in [0.25, 0.3) is 0 Å². The molecule has 0 heteroatoms. The van der Waals surface area contributed by atoms with Gasteiger partial charge in [-0.3, -0.25) is 0 Å². The second-order valence-electron chi connectivity index (χ2n) is 2.81. The molecule has 0 heterocycles. The van der Waals surface area contributed by atoms with Gasteiger partial charge in [0.05, 0.1) is 0 Å². The zero-order valence-electron chi connectivity index (χ0n) is 8.91. The molecule has 0 aliphatic carbocycles. The fourth-order valence-corrected chi connectivity index (χ4v) is 0.493. The van der Waals surface area contributed by atoms with Gasteiger partial charge in [0.1, 0.15) is 0 Å². The molecule has 0 N–H and O–H groups in total. The Labute approximate surface area is 72.7 Å². The molecule has 0 radical (unpaired) electrons. The molecule has 0 saturated carbocycles. The van der Waals surface area contributed by atoms with Crippen LogP contribution in [0.5, 0.6) is 0 Å². The molecule has 0 spiro atoms. The van der Waals surface area contributed by atoms with Gasteiger partial charge in [0.15, 0.2) is 0 Å². The predicted octanol–water partition coefficient (Wildman–Crippen LogP) is 4.56. The van der Waals surface area contributed by atoms with Crippen LogP contribution in [-0.4, -0.2) is 0 Å². The van der Waals surface area contributed by atoms with E-state index in [0.717, 1.165) is 0 Å². The quantitative estimate of drug-likeness (QED) is 0.525. The number of unbranched alkanes of at least 4 members (excludes halogenated alkanes) is 1. The maximum absolute atomic E-state index is 2.26. The van der Waals surface area contributed by atoms with E-state index in [1.165, 1.54) is 31.3 Å². The van der Waals surface area contributed by atoms with Crippen molar-refractivity contribution in [1.29, 1.82) is 0 Å². The van der Waals surface area contributed by atoms with E-state index in [9.17, 15) is 0 Å². The van der Waals surface area contributed by atoms with Gasteiger partial charge < -0.3 is 0 Å². The van der Waals surface area contributed by atoms with Crippen LogP contribution in [0, 0.1) is 0 Å². The third-order valence-electron chi connectivity index (χ3n) is 1.61. The molecule has 68 valence electrons. The molecule has 0 rings (SSSR count). The first-order valence-corrected chi connectivity index (χ1v) is 4.88. The highest BCUT2D eigenvalue weighted by molar-refractivity contribution is 4.95. The summed E-state index contributed by atoms with van der Waals surface area (Å²) in [5.74, 6) is 0. The van der Waals surface area contributed by atoms with Crippen molar-refractivity contribution in [2.24, 2.45) is 0 Å². The number of hydrogen-bond acceptors (Lipinski definition) is 0. The Bertz CT molecular complexity index is 78.0. The number of rotatable bonds is 3. The normalized spacial score (nSPS) is 10.5. The van der Waals surface area contributed by atoms with E-state index in [-0.39, 0.29) is 0 Å². The standard InChI is InChI=1S/C7H14.C4H10/c1-4-6-7(3)5-2;1-3-4-2/h6H,4-5H2,1-3H3;3-4H2,1-2H3/b7-6+;. The molecule has 0 bridgehead atoms. The fraction of sp³-hybridized carbons (Fsp3) is 0.818. The second-order valence-corrected chi connectivity index (χ2v) is 2.81. The molecule has 11 heavy (non-hydrogen) atoms. The van der Waals surface area contributed by atoms with Crippen LogP contribution in [-0.2, 0) is 0 Å². The van der Waals surface area contributed by atoms with Gasteiger partial charge in [-0.1, -0.05) is 52.2 Å². The third kappa shape index (κ3) is 17.7. The monoisotopic (exact) mass is 156 g/mol. The maximum atomic E-state index is 2.26. The summed E-state index contributed by atoms with van der Waals surface area (Å²) in [4.78, 5) is 0. The highest BCUT2D eigenvalue weighted by atomic mass is 13.8. The lowest BCUT2D eigenvalue weighted by molar-refractivity contribution is 0.886. The summed E-state index contributed by atoms with van der Waals surface area (Å²) >= 11 is 0. The molecular formula is C11H24. The summed E-state index contributed by atoms with van der Waals surface area (Å²) in [5, 5.41) is 0. The highest BCUT2D eigenvalue weighted by Crippen LogP contribution is 1.97. The first-order chi connectivity index (χ1) is 5.22. The average Bonchev–Trinajstić information content (AvgIpc) is 2.05. The van der Waals surface area contributed by atoms with Crippen LogP contribution in [0.15, 0.2) is 11.6 Å². The maximum Gasteiger partial charge on any atom is -0.0352 e. The van der Waals surface area contributed by atoms with Crippen molar-refractivity contribution < 1.29 is 0 Å². The smallest absolute Gasteiger partial charge is 0.0352 e. The Kier molecular flexibility index (Phi) is 15.1. The van der Waals surface area contributed by atoms with E-state index in [0.29, 0.717) is 0 Å². The van der Waals surface area contributed by atoms with Gasteiger partial charge in [-0.25, -0.2) is 0 Å². The molecule has 0 unspecified atom stereocenters. The Morgan fingerprint density at radius 3 is 1.55 bits per heavy atom. The van der Waals surface area contributed by atoms with Crippen LogP contribution >= 0.6 is 0 Å². The summed E-state index contributed by atoms with van der Waals surface area (Å²) in [7, 11) is 0. The van der Waals surface area contributed by atoms with E-state index in [4.69, 9.17) is 0 Å². The molecular weight excluding hydrogens is 132 g/mol. The third-order valence-corrected chi connectivity index (χ3v) is 1.61. The van der Waals surface area contributed by atoms with Crippen LogP contribution in [0.4, 0.5) is 0 Å². The Morgan fingerprint density at radius 2 is 1.45 bits per heavy atom. The van der Waals surface area contributed by atoms with Gasteiger partial charge in [-0.15, -0.1) is 0 Å². The lowest BCUT2D eigenvalue weighted by atomic mass is 10.2. The summed E-state index contributed by atoms with van der Waals surface area (Å²) in [6, 6.07) is 0. The van der Waals surface area contributed by atoms with Gasteiger partial charge in [-0.05, 0) is 19.8 Å². The average molecular weight is 156 g/mol. The fourth-order valence-electron chi connectivity index (χ4n) is 0.493. The minimum Gasteiger partial charge on any atom is -0.0859 e. The van der Waals surface area contributed by atoms with Crippen LogP contribution in [0.2, 0.25) is 0 Å². The van der Waals surface area contributed by atoms with Crippen molar-refractivity contribution in [1.82, 2.24) is 0 Å². The highest BCUT2D eigenvalue weighted by Gasteiger charge is 1.76. The Morgan fingerprint density at radius 1 is 1.00 bits per heavy atom. The largest absolute Gasteiger partial charge is 0.0859 e. The van der Waals surface area contributed by atoms with Crippen LogP contribution in [0.25, 0.3) is 0 Å². The van der Waals surface area contributed by atoms with Gasteiger partial charge >= 0.3 is 0 Å². The molecule has 0 saturated heterocycles. The molecule has 0 aliphatic rings. The SMILES string of the molecule is CC/C=C(\C)CC.CCCC. The number of hydrogen-bond donors (Lipinski definition) is 0. The first kappa shape index (κ1) is 13.3. The zero-order chi connectivity index (χ0) is 9.11. The zero-order valence-corrected chi connectivity index (χ0v) is 8.91. The molecule has 0 aliphatic heterocycles. The van der Waals surface area contributed by atoms with Crippen molar-refractivity contribution in [2.75, 3.05) is 0 Å². The molecule has 0 aromatic rings. The lowest BCUT2D eigenvalue weighted by Crippen LogP contribution is -1.67. The lowest BCUT2D eigenvalue weighted by Gasteiger charge is -1.88. The van der Waals surface area contributed by atoms with Gasteiger partial charge in [0, 0.05) is 0 Å². The predicted molar refractivity (Wildman–Crippen MR) is 54.9 cm³/mol. The van der Waals surface area contributed by atoms with Crippen LogP contribution in [0.1, 0.15) is 60.3 Å².